The summed E-state index contributed by atoms with van der Waals surface area (Å²) in [7, 11) is 1.46. The molecule has 2 aliphatic rings. The van der Waals surface area contributed by atoms with E-state index in [1.807, 2.05) is 19.1 Å². The van der Waals surface area contributed by atoms with Gasteiger partial charge >= 0.3 is 11.8 Å². The number of aromatic nitrogens is 2. The number of esters is 1. The van der Waals surface area contributed by atoms with Crippen LogP contribution in [0.1, 0.15) is 70.0 Å². The summed E-state index contributed by atoms with van der Waals surface area (Å²) >= 11 is 0. The van der Waals surface area contributed by atoms with E-state index in [1.54, 1.807) is 63.4 Å². The number of rotatable bonds is 2. The first kappa shape index (κ1) is 41.2. The van der Waals surface area contributed by atoms with Crippen molar-refractivity contribution in [2.75, 3.05) is 12.4 Å². The van der Waals surface area contributed by atoms with Crippen molar-refractivity contribution in [2.24, 2.45) is 23.7 Å². The predicted molar refractivity (Wildman–Crippen MR) is 213 cm³/mol. The SMILES string of the molecule is COC1/C=C/O[C@@]2(C)Oc3c(C)c(O)c4c(O)c(c5c(nc6cc(C)ccn65)c4c3C2=O)NC(=O)/C(C)=C\C=C\C(C)C(O)[C@@H](C)C(O)C(C)[C@@H](OC(C)=O)C1C. The third-order valence-electron chi connectivity index (χ3n) is 11.5. The molecule has 0 spiro atoms. The van der Waals surface area contributed by atoms with Crippen LogP contribution in [0.3, 0.4) is 0 Å². The van der Waals surface area contributed by atoms with E-state index in [0.29, 0.717) is 5.65 Å². The van der Waals surface area contributed by atoms with Crippen LogP contribution in [-0.2, 0) is 23.8 Å². The number of carbonyl (C=O) groups excluding carboxylic acids is 3. The number of ether oxygens (including phenoxy) is 4. The number of amides is 1. The number of Topliss-reactive ketones (excluding diaryl/α,β-unsaturated/α-hetero) is 1. The van der Waals surface area contributed by atoms with Crippen LogP contribution in [0.15, 0.2) is 54.5 Å². The molecule has 2 aromatic carbocycles. The Morgan fingerprint density at radius 3 is 2.35 bits per heavy atom. The number of fused-ring (bicyclic) bond motifs is 2. The molecule has 14 heteroatoms. The normalized spacial score (nSPS) is 30.8. The molecule has 0 saturated carbocycles. The van der Waals surface area contributed by atoms with E-state index in [9.17, 15) is 34.8 Å². The number of aryl methyl sites for hydroxylation is 1. The summed E-state index contributed by atoms with van der Waals surface area (Å²) < 4.78 is 25.5. The second kappa shape index (κ2) is 15.5. The fraction of sp³-hybridized carbons (Fsp3) is 0.442. The van der Waals surface area contributed by atoms with Gasteiger partial charge in [-0.3, -0.25) is 18.8 Å². The van der Waals surface area contributed by atoms with Crippen molar-refractivity contribution >= 4 is 50.8 Å². The molecule has 0 fully saturated rings. The molecule has 6 unspecified atom stereocenters. The zero-order valence-corrected chi connectivity index (χ0v) is 33.8. The van der Waals surface area contributed by atoms with Gasteiger partial charge in [0.15, 0.2) is 5.75 Å². The largest absolute Gasteiger partial charge is 0.507 e. The number of ketones is 1. The van der Waals surface area contributed by atoms with Crippen molar-refractivity contribution in [3.63, 3.8) is 0 Å². The van der Waals surface area contributed by atoms with Gasteiger partial charge in [0.05, 0.1) is 35.5 Å². The predicted octanol–water partition coefficient (Wildman–Crippen LogP) is 6.16. The van der Waals surface area contributed by atoms with Crippen LogP contribution in [0.25, 0.3) is 27.5 Å². The minimum Gasteiger partial charge on any atom is -0.507 e. The Morgan fingerprint density at radius 1 is 0.982 bits per heavy atom. The highest BCUT2D eigenvalue weighted by Gasteiger charge is 2.50. The van der Waals surface area contributed by atoms with Gasteiger partial charge in [0.1, 0.15) is 40.0 Å². The van der Waals surface area contributed by atoms with Crippen molar-refractivity contribution in [2.45, 2.75) is 92.5 Å². The van der Waals surface area contributed by atoms with Crippen LogP contribution >= 0.6 is 0 Å². The molecule has 9 atom stereocenters. The van der Waals surface area contributed by atoms with Gasteiger partial charge < -0.3 is 44.7 Å². The van der Waals surface area contributed by atoms with Gasteiger partial charge in [0, 0.05) is 67.3 Å². The quantitative estimate of drug-likeness (QED) is 0.115. The monoisotopic (exact) mass is 785 g/mol. The molecule has 4 heterocycles. The molecule has 0 aliphatic carbocycles. The molecule has 2 aromatic heterocycles. The number of aliphatic hydroxyl groups is 2. The molecule has 304 valence electrons. The minimum absolute atomic E-state index is 0.0185. The lowest BCUT2D eigenvalue weighted by Gasteiger charge is -2.38. The maximum atomic E-state index is 14.6. The molecule has 5 N–H and O–H groups in total. The number of pyridine rings is 1. The Hall–Kier alpha value is -5.44. The summed E-state index contributed by atoms with van der Waals surface area (Å²) in [6, 6.07) is 3.64. The van der Waals surface area contributed by atoms with Crippen molar-refractivity contribution in [3.8, 4) is 17.2 Å². The van der Waals surface area contributed by atoms with Gasteiger partial charge in [-0.1, -0.05) is 45.9 Å². The van der Waals surface area contributed by atoms with E-state index >= 15 is 0 Å². The standard InChI is InChI=1S/C43H51N3O11/c1-19-14-16-46-28(18-19)44-32-29-30-37(50)25(7)40-31(29)41(52)43(9,57-40)55-17-15-27(54-10)22(4)39(56-26(8)47)24(6)36(49)23(5)35(48)20(2)12-11-13-21(3)42(53)45-33(34(32)46)38(30)51/h11-18,20,22-24,27,35-36,39,48-51H,1-10H3,(H,45,53)/b12-11+,17-15+,21-13-/t20?,22?,23-,24?,27?,35?,36?,39+,43+/m1/s1. The molecule has 14 nitrogen and oxygen atoms in total. The lowest BCUT2D eigenvalue weighted by Crippen LogP contribution is -2.46. The van der Waals surface area contributed by atoms with Crippen molar-refractivity contribution in [3.05, 3.63) is 71.2 Å². The highest BCUT2D eigenvalue weighted by Crippen LogP contribution is 2.54. The Morgan fingerprint density at radius 2 is 1.68 bits per heavy atom. The molecular weight excluding hydrogens is 734 g/mol. The number of nitrogens with zero attached hydrogens (tertiary/aromatic N) is 2. The zero-order chi connectivity index (χ0) is 41.8. The molecule has 4 aromatic rings. The number of phenolic OH excluding ortho intramolecular Hbond substituents is 2. The lowest BCUT2D eigenvalue weighted by atomic mass is 9.78. The zero-order valence-electron chi connectivity index (χ0n) is 33.8. The summed E-state index contributed by atoms with van der Waals surface area (Å²) in [4.78, 5) is 45.6. The lowest BCUT2D eigenvalue weighted by molar-refractivity contribution is -0.160. The topological polar surface area (TPSA) is 198 Å². The van der Waals surface area contributed by atoms with Gasteiger partial charge in [-0.25, -0.2) is 4.98 Å². The average molecular weight is 786 g/mol. The van der Waals surface area contributed by atoms with Crippen LogP contribution in [0.4, 0.5) is 5.69 Å². The molecule has 4 bridgehead atoms. The number of nitrogens with one attached hydrogen (secondary N) is 1. The van der Waals surface area contributed by atoms with Crippen LogP contribution < -0.4 is 10.1 Å². The first-order chi connectivity index (χ1) is 26.8. The third-order valence-corrected chi connectivity index (χ3v) is 11.5. The first-order valence-corrected chi connectivity index (χ1v) is 19.0. The fourth-order valence-corrected chi connectivity index (χ4v) is 8.03. The first-order valence-electron chi connectivity index (χ1n) is 19.0. The molecule has 1 amide bonds. The van der Waals surface area contributed by atoms with E-state index in [0.717, 1.165) is 5.56 Å². The van der Waals surface area contributed by atoms with Gasteiger partial charge in [-0.2, -0.15) is 0 Å². The maximum Gasteiger partial charge on any atom is 0.312 e. The van der Waals surface area contributed by atoms with E-state index in [2.05, 4.69) is 5.32 Å². The molecular formula is C43H51N3O11. The van der Waals surface area contributed by atoms with Crippen LogP contribution in [0.5, 0.6) is 17.2 Å². The maximum absolute atomic E-state index is 14.6. The Balaban J connectivity index is 1.58. The number of aromatic hydroxyl groups is 2. The van der Waals surface area contributed by atoms with Crippen molar-refractivity contribution in [1.29, 1.82) is 0 Å². The second-order valence-corrected chi connectivity index (χ2v) is 15.6. The third kappa shape index (κ3) is 7.10. The van der Waals surface area contributed by atoms with E-state index in [-0.39, 0.29) is 55.7 Å². The second-order valence-electron chi connectivity index (χ2n) is 15.6. The Kier molecular flexibility index (Phi) is 11.2. The fourth-order valence-electron chi connectivity index (χ4n) is 8.03. The molecule has 0 radical (unpaired) electrons. The number of carbonyl (C=O) groups is 3. The van der Waals surface area contributed by atoms with Crippen LogP contribution in [0.2, 0.25) is 0 Å². The molecule has 57 heavy (non-hydrogen) atoms. The van der Waals surface area contributed by atoms with Crippen LogP contribution in [0, 0.1) is 37.5 Å². The van der Waals surface area contributed by atoms with E-state index < -0.39 is 77.3 Å². The van der Waals surface area contributed by atoms with Gasteiger partial charge in [-0.15, -0.1) is 0 Å². The minimum atomic E-state index is -1.96. The Labute approximate surface area is 330 Å². The number of anilines is 1. The van der Waals surface area contributed by atoms with E-state index in [1.165, 1.54) is 40.2 Å². The number of benzene rings is 2. The number of hydrogen-bond donors (Lipinski definition) is 5. The molecule has 0 saturated heterocycles. The van der Waals surface area contributed by atoms with Gasteiger partial charge in [0.25, 0.3) is 11.7 Å². The van der Waals surface area contributed by atoms with E-state index in [4.69, 9.17) is 23.9 Å². The van der Waals surface area contributed by atoms with Crippen molar-refractivity contribution in [1.82, 2.24) is 9.38 Å². The van der Waals surface area contributed by atoms with Crippen LogP contribution in [-0.4, -0.2) is 84.8 Å². The average Bonchev–Trinajstić information content (AvgIpc) is 3.67. The Bertz CT molecular complexity index is 2380. The number of imidazole rings is 1. The van der Waals surface area contributed by atoms with Gasteiger partial charge in [-0.05, 0) is 44.5 Å². The summed E-state index contributed by atoms with van der Waals surface area (Å²) in [6.45, 7) is 14.7. The highest BCUT2D eigenvalue weighted by atomic mass is 16.7. The van der Waals surface area contributed by atoms with Gasteiger partial charge in [0.2, 0.25) is 0 Å². The number of hydrogen-bond acceptors (Lipinski definition) is 12. The number of phenols is 2. The van der Waals surface area contributed by atoms with Crippen molar-refractivity contribution < 1.29 is 53.8 Å². The number of allylic oxidation sites excluding steroid dienone is 2. The highest BCUT2D eigenvalue weighted by molar-refractivity contribution is 6.28. The molecule has 6 rings (SSSR count). The summed E-state index contributed by atoms with van der Waals surface area (Å²) in [6.07, 6.45) is 5.62. The summed E-state index contributed by atoms with van der Waals surface area (Å²) in [5.41, 5.74) is 2.18. The molecule has 2 aliphatic heterocycles. The smallest absolute Gasteiger partial charge is 0.312 e. The number of aliphatic hydroxyl groups excluding tert-OH is 2. The summed E-state index contributed by atoms with van der Waals surface area (Å²) in [5.74, 6) is -6.96. The number of methoxy groups -OCH3 is 1. The summed E-state index contributed by atoms with van der Waals surface area (Å²) in [5, 5.41) is 49.4.